The Morgan fingerprint density at radius 1 is 1.50 bits per heavy atom. The van der Waals surface area contributed by atoms with Crippen LogP contribution < -0.4 is 0 Å². The fraction of sp³-hybridized carbons (Fsp3) is 0.111. The zero-order chi connectivity index (χ0) is 8.81. The Labute approximate surface area is 71.4 Å². The van der Waals surface area contributed by atoms with Crippen molar-refractivity contribution in [2.24, 2.45) is 0 Å². The average molecular weight is 161 g/mol. The zero-order valence-electron chi connectivity index (χ0n) is 7.01. The molecule has 2 heterocycles. The van der Waals surface area contributed by atoms with Gasteiger partial charge in [-0.05, 0) is 19.1 Å². The molecule has 0 amide bonds. The van der Waals surface area contributed by atoms with Gasteiger partial charge in [0.25, 0.3) is 0 Å². The van der Waals surface area contributed by atoms with E-state index in [2.05, 4.69) is 16.8 Å². The van der Waals surface area contributed by atoms with Gasteiger partial charge in [0.05, 0.1) is 0 Å². The molecular weight excluding hydrogens is 150 g/mol. The van der Waals surface area contributed by atoms with E-state index in [-0.39, 0.29) is 0 Å². The van der Waals surface area contributed by atoms with Crippen molar-refractivity contribution in [3.05, 3.63) is 43.4 Å². The highest BCUT2D eigenvalue weighted by molar-refractivity contribution is 5.34. The number of aromatic nitrogens is 3. The monoisotopic (exact) mass is 161 g/mol. The summed E-state index contributed by atoms with van der Waals surface area (Å²) in [5.74, 6) is 0. The molecule has 0 saturated carbocycles. The highest BCUT2D eigenvalue weighted by Gasteiger charge is 1.87. The smallest absolute Gasteiger partial charge is 0.160 e. The van der Waals surface area contributed by atoms with Gasteiger partial charge in [0, 0.05) is 6.20 Å². The molecule has 0 radical (unpaired) electrons. The van der Waals surface area contributed by atoms with E-state index in [9.17, 15) is 0 Å². The van der Waals surface area contributed by atoms with Gasteiger partial charge in [-0.1, -0.05) is 12.1 Å². The average Bonchev–Trinajstić information content (AvgIpc) is 2.52. The highest BCUT2D eigenvalue weighted by atomic mass is 15.2. The molecule has 12 heavy (non-hydrogen) atoms. The molecule has 2 rings (SSSR count). The minimum atomic E-state index is 0.887. The molecule has 0 atom stereocenters. The van der Waals surface area contributed by atoms with Gasteiger partial charge in [-0.15, -0.1) is 16.8 Å². The SMILES string of the molecule is C=CC.c1ccn2cnnc2c1. The Morgan fingerprint density at radius 3 is 2.92 bits per heavy atom. The minimum Gasteiger partial charge on any atom is -0.289 e. The zero-order valence-corrected chi connectivity index (χ0v) is 7.01. The third-order valence-electron chi connectivity index (χ3n) is 1.20. The van der Waals surface area contributed by atoms with Crippen LogP contribution in [-0.4, -0.2) is 14.6 Å². The first kappa shape index (κ1) is 8.46. The van der Waals surface area contributed by atoms with Crippen molar-refractivity contribution in [1.29, 1.82) is 0 Å². The first-order valence-corrected chi connectivity index (χ1v) is 3.70. The highest BCUT2D eigenvalue weighted by Crippen LogP contribution is 1.94. The summed E-state index contributed by atoms with van der Waals surface area (Å²) in [6.07, 6.45) is 5.34. The van der Waals surface area contributed by atoms with Crippen molar-refractivity contribution in [2.75, 3.05) is 0 Å². The lowest BCUT2D eigenvalue weighted by molar-refractivity contribution is 1.10. The number of rotatable bonds is 0. The van der Waals surface area contributed by atoms with E-state index in [1.165, 1.54) is 0 Å². The summed E-state index contributed by atoms with van der Waals surface area (Å²) < 4.78 is 1.86. The molecular formula is C9H11N3. The molecule has 3 heteroatoms. The van der Waals surface area contributed by atoms with Crippen molar-refractivity contribution in [3.63, 3.8) is 0 Å². The van der Waals surface area contributed by atoms with E-state index in [0.717, 1.165) is 5.65 Å². The number of fused-ring (bicyclic) bond motifs is 1. The summed E-state index contributed by atoms with van der Waals surface area (Å²) in [5.41, 5.74) is 0.887. The van der Waals surface area contributed by atoms with Crippen molar-refractivity contribution in [2.45, 2.75) is 6.92 Å². The van der Waals surface area contributed by atoms with E-state index in [4.69, 9.17) is 0 Å². The van der Waals surface area contributed by atoms with Gasteiger partial charge in [0.15, 0.2) is 5.65 Å². The molecule has 3 nitrogen and oxygen atoms in total. The molecule has 0 saturated heterocycles. The Kier molecular flexibility index (Phi) is 3.02. The van der Waals surface area contributed by atoms with Gasteiger partial charge < -0.3 is 0 Å². The van der Waals surface area contributed by atoms with E-state index < -0.39 is 0 Å². The number of pyridine rings is 1. The summed E-state index contributed by atoms with van der Waals surface area (Å²) >= 11 is 0. The quantitative estimate of drug-likeness (QED) is 0.552. The Balaban J connectivity index is 0.000000213. The van der Waals surface area contributed by atoms with Gasteiger partial charge in [-0.25, -0.2) is 0 Å². The van der Waals surface area contributed by atoms with Gasteiger partial charge in [-0.3, -0.25) is 4.40 Å². The lowest BCUT2D eigenvalue weighted by Crippen LogP contribution is -1.77. The summed E-state index contributed by atoms with van der Waals surface area (Å²) in [5, 5.41) is 7.55. The normalized spacial score (nSPS) is 8.75. The van der Waals surface area contributed by atoms with E-state index in [1.54, 1.807) is 12.4 Å². The van der Waals surface area contributed by atoms with Crippen LogP contribution in [0.1, 0.15) is 6.92 Å². The van der Waals surface area contributed by atoms with Crippen LogP contribution >= 0.6 is 0 Å². The fourth-order valence-corrected chi connectivity index (χ4v) is 0.770. The van der Waals surface area contributed by atoms with Crippen molar-refractivity contribution >= 4 is 5.65 Å². The van der Waals surface area contributed by atoms with Crippen LogP contribution in [0.5, 0.6) is 0 Å². The molecule has 0 N–H and O–H groups in total. The standard InChI is InChI=1S/C6H5N3.C3H6/c1-2-4-9-5-7-8-6(9)3-1;1-3-2/h1-5H;3H,1H2,2H3. The van der Waals surface area contributed by atoms with Gasteiger partial charge in [-0.2, -0.15) is 0 Å². The largest absolute Gasteiger partial charge is 0.289 e. The number of nitrogens with zero attached hydrogens (tertiary/aromatic N) is 3. The Hall–Kier alpha value is -1.64. The summed E-state index contributed by atoms with van der Waals surface area (Å²) in [4.78, 5) is 0. The summed E-state index contributed by atoms with van der Waals surface area (Å²) in [6.45, 7) is 5.25. The van der Waals surface area contributed by atoms with Crippen LogP contribution in [0.15, 0.2) is 43.4 Å². The molecule has 0 unspecified atom stereocenters. The molecule has 0 aliphatic rings. The molecule has 0 bridgehead atoms. The maximum atomic E-state index is 3.83. The van der Waals surface area contributed by atoms with Gasteiger partial charge in [0.1, 0.15) is 6.33 Å². The summed E-state index contributed by atoms with van der Waals surface area (Å²) in [7, 11) is 0. The molecule has 0 aromatic carbocycles. The van der Waals surface area contributed by atoms with Gasteiger partial charge >= 0.3 is 0 Å². The van der Waals surface area contributed by atoms with E-state index in [0.29, 0.717) is 0 Å². The number of allylic oxidation sites excluding steroid dienone is 1. The lowest BCUT2D eigenvalue weighted by atomic mass is 10.5. The molecule has 0 aliphatic carbocycles. The number of hydrogen-bond donors (Lipinski definition) is 0. The Morgan fingerprint density at radius 2 is 2.25 bits per heavy atom. The number of hydrogen-bond acceptors (Lipinski definition) is 2. The molecule has 2 aromatic heterocycles. The van der Waals surface area contributed by atoms with Crippen LogP contribution in [0.4, 0.5) is 0 Å². The first-order chi connectivity index (χ1) is 5.88. The fourth-order valence-electron chi connectivity index (χ4n) is 0.770. The maximum absolute atomic E-state index is 3.83. The van der Waals surface area contributed by atoms with E-state index >= 15 is 0 Å². The molecule has 2 aromatic rings. The van der Waals surface area contributed by atoms with Crippen LogP contribution in [0.2, 0.25) is 0 Å². The maximum Gasteiger partial charge on any atom is 0.160 e. The third kappa shape index (κ3) is 1.92. The van der Waals surface area contributed by atoms with Crippen molar-refractivity contribution in [3.8, 4) is 0 Å². The van der Waals surface area contributed by atoms with Crippen LogP contribution in [0.25, 0.3) is 5.65 Å². The molecule has 0 fully saturated rings. The second-order valence-electron chi connectivity index (χ2n) is 2.21. The van der Waals surface area contributed by atoms with Crippen LogP contribution in [-0.2, 0) is 0 Å². The van der Waals surface area contributed by atoms with Crippen LogP contribution in [0, 0.1) is 0 Å². The van der Waals surface area contributed by atoms with E-state index in [1.807, 2.05) is 35.7 Å². The molecule has 0 spiro atoms. The summed E-state index contributed by atoms with van der Waals surface area (Å²) in [6, 6.07) is 5.79. The predicted octanol–water partition coefficient (Wildman–Crippen LogP) is 1.92. The molecule has 0 aliphatic heterocycles. The Bertz CT molecular complexity index is 321. The first-order valence-electron chi connectivity index (χ1n) is 3.70. The predicted molar refractivity (Wildman–Crippen MR) is 48.9 cm³/mol. The van der Waals surface area contributed by atoms with Crippen molar-refractivity contribution < 1.29 is 0 Å². The topological polar surface area (TPSA) is 30.2 Å². The lowest BCUT2D eigenvalue weighted by Gasteiger charge is -1.84. The second-order valence-corrected chi connectivity index (χ2v) is 2.21. The van der Waals surface area contributed by atoms with Crippen molar-refractivity contribution in [1.82, 2.24) is 14.6 Å². The molecule has 62 valence electrons. The minimum absolute atomic E-state index is 0.887. The van der Waals surface area contributed by atoms with Crippen LogP contribution in [0.3, 0.4) is 0 Å². The third-order valence-corrected chi connectivity index (χ3v) is 1.20. The second kappa shape index (κ2) is 4.28. The van der Waals surface area contributed by atoms with Gasteiger partial charge in [0.2, 0.25) is 0 Å².